The van der Waals surface area contributed by atoms with Crippen molar-refractivity contribution in [3.05, 3.63) is 29.6 Å². The first-order valence-corrected chi connectivity index (χ1v) is 8.48. The van der Waals surface area contributed by atoms with E-state index in [0.29, 0.717) is 32.2 Å². The minimum atomic E-state index is -0.232. The highest BCUT2D eigenvalue weighted by atomic mass is 16.6. The summed E-state index contributed by atoms with van der Waals surface area (Å²) in [4.78, 5) is 22.0. The molecule has 0 atom stereocenters. The van der Waals surface area contributed by atoms with Crippen LogP contribution in [0.15, 0.2) is 23.3 Å². The fraction of sp³-hybridized carbons (Fsp3) is 0.588. The van der Waals surface area contributed by atoms with Gasteiger partial charge in [0.05, 0.1) is 6.61 Å². The topological polar surface area (TPSA) is 92.8 Å². The van der Waals surface area contributed by atoms with Gasteiger partial charge in [-0.2, -0.15) is 0 Å². The summed E-state index contributed by atoms with van der Waals surface area (Å²) in [6, 6.07) is 4.31. The number of piperidine rings is 1. The highest BCUT2D eigenvalue weighted by molar-refractivity contribution is 5.78. The molecule has 2 heterocycles. The number of guanidine groups is 1. The molecule has 7 nitrogen and oxygen atoms in total. The van der Waals surface area contributed by atoms with Crippen LogP contribution in [0.5, 0.6) is 0 Å². The number of nitrogens with two attached hydrogens (primary N) is 1. The third kappa shape index (κ3) is 5.72. The largest absolute Gasteiger partial charge is 0.450 e. The molecule has 1 aromatic heterocycles. The lowest BCUT2D eigenvalue weighted by Crippen LogP contribution is -2.48. The Bertz CT molecular complexity index is 551. The molecule has 0 bridgehead atoms. The summed E-state index contributed by atoms with van der Waals surface area (Å²) in [7, 11) is 0. The van der Waals surface area contributed by atoms with Crippen molar-refractivity contribution >= 4 is 12.1 Å². The van der Waals surface area contributed by atoms with Crippen LogP contribution in [0.2, 0.25) is 0 Å². The highest BCUT2D eigenvalue weighted by Gasteiger charge is 2.23. The molecule has 0 aromatic carbocycles. The summed E-state index contributed by atoms with van der Waals surface area (Å²) in [5.74, 6) is 0.463. The van der Waals surface area contributed by atoms with Gasteiger partial charge in [0.2, 0.25) is 0 Å². The van der Waals surface area contributed by atoms with Gasteiger partial charge in [0, 0.05) is 37.6 Å². The van der Waals surface area contributed by atoms with Crippen LogP contribution in [0.3, 0.4) is 0 Å². The average molecular weight is 333 g/mol. The number of aromatic nitrogens is 1. The standard InChI is InChI=1S/C17H27N5O2/c1-3-24-17(23)22-10-7-15(8-11-22)21-16(18)19-9-6-14-5-4-13(2)20-12-14/h4-5,12,15H,3,6-11H2,1-2H3,(H3,18,19,21). The minimum absolute atomic E-state index is 0.232. The Morgan fingerprint density at radius 2 is 2.21 bits per heavy atom. The molecule has 132 valence electrons. The van der Waals surface area contributed by atoms with Gasteiger partial charge in [0.25, 0.3) is 0 Å². The molecule has 0 saturated carbocycles. The second-order valence-corrected chi connectivity index (χ2v) is 5.93. The smallest absolute Gasteiger partial charge is 0.409 e. The molecule has 1 fully saturated rings. The van der Waals surface area contributed by atoms with Crippen LogP contribution in [0.4, 0.5) is 4.79 Å². The van der Waals surface area contributed by atoms with Gasteiger partial charge in [0.15, 0.2) is 5.96 Å². The second kappa shape index (κ2) is 9.10. The van der Waals surface area contributed by atoms with E-state index in [1.54, 1.807) is 4.90 Å². The van der Waals surface area contributed by atoms with Crippen LogP contribution in [-0.2, 0) is 11.2 Å². The van der Waals surface area contributed by atoms with Gasteiger partial charge < -0.3 is 20.7 Å². The monoisotopic (exact) mass is 333 g/mol. The zero-order valence-corrected chi connectivity index (χ0v) is 14.5. The van der Waals surface area contributed by atoms with Gasteiger partial charge in [0.1, 0.15) is 0 Å². The summed E-state index contributed by atoms with van der Waals surface area (Å²) in [5.41, 5.74) is 8.12. The van der Waals surface area contributed by atoms with Gasteiger partial charge in [-0.05, 0) is 44.7 Å². The van der Waals surface area contributed by atoms with E-state index >= 15 is 0 Å². The van der Waals surface area contributed by atoms with E-state index < -0.39 is 0 Å². The normalized spacial score (nSPS) is 16.1. The van der Waals surface area contributed by atoms with Crippen LogP contribution in [0.25, 0.3) is 0 Å². The van der Waals surface area contributed by atoms with Crippen LogP contribution >= 0.6 is 0 Å². The van der Waals surface area contributed by atoms with Crippen LogP contribution < -0.4 is 11.1 Å². The summed E-state index contributed by atoms with van der Waals surface area (Å²) in [5, 5.41) is 3.24. The number of amides is 1. The predicted octanol–water partition coefficient (Wildman–Crippen LogP) is 1.46. The zero-order valence-electron chi connectivity index (χ0n) is 14.5. The van der Waals surface area contributed by atoms with Crippen molar-refractivity contribution in [3.63, 3.8) is 0 Å². The Kier molecular flexibility index (Phi) is 6.84. The number of carbonyl (C=O) groups excluding carboxylic acids is 1. The first kappa shape index (κ1) is 18.0. The molecular weight excluding hydrogens is 306 g/mol. The van der Waals surface area contributed by atoms with E-state index in [4.69, 9.17) is 10.5 Å². The third-order valence-electron chi connectivity index (χ3n) is 4.03. The molecule has 1 amide bonds. The van der Waals surface area contributed by atoms with E-state index in [1.807, 2.05) is 26.1 Å². The number of hydrogen-bond donors (Lipinski definition) is 2. The Balaban J connectivity index is 1.69. The molecule has 3 N–H and O–H groups in total. The summed E-state index contributed by atoms with van der Waals surface area (Å²) >= 11 is 0. The van der Waals surface area contributed by atoms with Crippen molar-refractivity contribution in [1.82, 2.24) is 15.2 Å². The number of nitrogens with one attached hydrogen (secondary N) is 1. The quantitative estimate of drug-likeness (QED) is 0.628. The van der Waals surface area contributed by atoms with Gasteiger partial charge in [-0.25, -0.2) is 4.79 Å². The first-order valence-electron chi connectivity index (χ1n) is 8.48. The fourth-order valence-corrected chi connectivity index (χ4v) is 2.63. The molecule has 0 spiro atoms. The van der Waals surface area contributed by atoms with Crippen molar-refractivity contribution in [2.45, 2.75) is 39.2 Å². The van der Waals surface area contributed by atoms with E-state index in [9.17, 15) is 4.79 Å². The first-order chi connectivity index (χ1) is 11.6. The number of pyridine rings is 1. The average Bonchev–Trinajstić information content (AvgIpc) is 2.57. The Labute approximate surface area is 143 Å². The second-order valence-electron chi connectivity index (χ2n) is 5.93. The molecule has 0 unspecified atom stereocenters. The van der Waals surface area contributed by atoms with Crippen molar-refractivity contribution in [3.8, 4) is 0 Å². The van der Waals surface area contributed by atoms with Crippen molar-refractivity contribution < 1.29 is 9.53 Å². The number of nitrogens with zero attached hydrogens (tertiary/aromatic N) is 3. The maximum absolute atomic E-state index is 11.7. The summed E-state index contributed by atoms with van der Waals surface area (Å²) in [6.07, 6.45) is 4.15. The SMILES string of the molecule is CCOC(=O)N1CCC(NC(N)=NCCc2ccc(C)nc2)CC1. The van der Waals surface area contributed by atoms with Crippen molar-refractivity contribution in [2.75, 3.05) is 26.2 Å². The van der Waals surface area contributed by atoms with E-state index in [2.05, 4.69) is 21.4 Å². The number of aryl methyl sites for hydroxylation is 1. The van der Waals surface area contributed by atoms with Crippen LogP contribution in [-0.4, -0.2) is 54.2 Å². The molecule has 1 aliphatic heterocycles. The Morgan fingerprint density at radius 1 is 1.46 bits per heavy atom. The molecular formula is C17H27N5O2. The zero-order chi connectivity index (χ0) is 17.4. The van der Waals surface area contributed by atoms with E-state index in [1.165, 1.54) is 0 Å². The van der Waals surface area contributed by atoms with Crippen LogP contribution in [0.1, 0.15) is 31.0 Å². The third-order valence-corrected chi connectivity index (χ3v) is 4.03. The Hall–Kier alpha value is -2.31. The van der Waals surface area contributed by atoms with Gasteiger partial charge in [-0.3, -0.25) is 9.98 Å². The molecule has 1 aliphatic rings. The summed E-state index contributed by atoms with van der Waals surface area (Å²) < 4.78 is 5.01. The lowest BCUT2D eigenvalue weighted by Gasteiger charge is -2.31. The van der Waals surface area contributed by atoms with Gasteiger partial charge in [-0.15, -0.1) is 0 Å². The van der Waals surface area contributed by atoms with E-state index in [-0.39, 0.29) is 12.1 Å². The number of hydrogen-bond acceptors (Lipinski definition) is 4. The minimum Gasteiger partial charge on any atom is -0.450 e. The lowest BCUT2D eigenvalue weighted by atomic mass is 10.1. The number of rotatable bonds is 5. The number of aliphatic imine (C=N–C) groups is 1. The molecule has 1 aromatic rings. The molecule has 1 saturated heterocycles. The van der Waals surface area contributed by atoms with Gasteiger partial charge in [-0.1, -0.05) is 6.07 Å². The van der Waals surface area contributed by atoms with Crippen molar-refractivity contribution in [2.24, 2.45) is 10.7 Å². The highest BCUT2D eigenvalue weighted by Crippen LogP contribution is 2.11. The van der Waals surface area contributed by atoms with Gasteiger partial charge >= 0.3 is 6.09 Å². The maximum Gasteiger partial charge on any atom is 0.409 e. The van der Waals surface area contributed by atoms with E-state index in [0.717, 1.165) is 30.5 Å². The molecule has 2 rings (SSSR count). The van der Waals surface area contributed by atoms with Crippen LogP contribution in [0, 0.1) is 6.92 Å². The maximum atomic E-state index is 11.7. The molecule has 7 heteroatoms. The summed E-state index contributed by atoms with van der Waals surface area (Å²) in [6.45, 7) is 6.18. The number of carbonyl (C=O) groups is 1. The molecule has 0 radical (unpaired) electrons. The predicted molar refractivity (Wildman–Crippen MR) is 93.9 cm³/mol. The fourth-order valence-electron chi connectivity index (χ4n) is 2.63. The van der Waals surface area contributed by atoms with Crippen molar-refractivity contribution in [1.29, 1.82) is 0 Å². The number of ether oxygens (including phenoxy) is 1. The molecule has 0 aliphatic carbocycles. The Morgan fingerprint density at radius 3 is 2.83 bits per heavy atom. The lowest BCUT2D eigenvalue weighted by molar-refractivity contribution is 0.0963. The molecule has 24 heavy (non-hydrogen) atoms. The number of likely N-dealkylation sites (tertiary alicyclic amines) is 1.